The van der Waals surface area contributed by atoms with E-state index in [0.717, 1.165) is 11.6 Å². The first kappa shape index (κ1) is 18.0. The van der Waals surface area contributed by atoms with Crippen molar-refractivity contribution in [3.8, 4) is 11.5 Å². The Hall–Kier alpha value is -2.84. The zero-order valence-electron chi connectivity index (χ0n) is 13.7. The Morgan fingerprint density at radius 1 is 1.35 bits per heavy atom. The van der Waals surface area contributed by atoms with Gasteiger partial charge in [-0.05, 0) is 18.2 Å². The largest absolute Gasteiger partial charge is 0.496 e. The van der Waals surface area contributed by atoms with Gasteiger partial charge in [0.05, 0.1) is 18.6 Å². The molecule has 0 amide bonds. The van der Waals surface area contributed by atoms with Gasteiger partial charge in [-0.15, -0.1) is 0 Å². The topological polar surface area (TPSA) is 97.1 Å². The predicted molar refractivity (Wildman–Crippen MR) is 90.5 cm³/mol. The molecule has 0 N–H and O–H groups in total. The standard InChI is InChI=1S/C17H14ClNO7/c1-23-15-3-2-13(19(21)22)6-14(15)17(20)25-8-11-5-12(18)4-10-7-24-9-26-16(10)11/h2-6H,7-9H2,1H3. The molecule has 2 aromatic carbocycles. The van der Waals surface area contributed by atoms with Crippen molar-refractivity contribution in [3.05, 3.63) is 62.2 Å². The molecule has 2 aromatic rings. The third-order valence-electron chi connectivity index (χ3n) is 3.72. The van der Waals surface area contributed by atoms with E-state index in [1.165, 1.54) is 19.2 Å². The molecule has 0 saturated carbocycles. The Bertz CT molecular complexity index is 868. The molecular formula is C17H14ClNO7. The van der Waals surface area contributed by atoms with Crippen LogP contribution in [0, 0.1) is 10.1 Å². The van der Waals surface area contributed by atoms with Crippen LogP contribution < -0.4 is 9.47 Å². The predicted octanol–water partition coefficient (Wildman–Crippen LogP) is 3.48. The number of nitro benzene ring substituents is 1. The normalized spacial score (nSPS) is 12.7. The van der Waals surface area contributed by atoms with Crippen molar-refractivity contribution >= 4 is 23.3 Å². The average molecular weight is 380 g/mol. The Kier molecular flexibility index (Phi) is 5.24. The number of benzene rings is 2. The molecule has 9 heteroatoms. The van der Waals surface area contributed by atoms with Crippen LogP contribution in [0.25, 0.3) is 0 Å². The number of hydrogen-bond donors (Lipinski definition) is 0. The van der Waals surface area contributed by atoms with E-state index in [2.05, 4.69) is 0 Å². The van der Waals surface area contributed by atoms with Gasteiger partial charge in [0.1, 0.15) is 23.7 Å². The summed E-state index contributed by atoms with van der Waals surface area (Å²) in [6, 6.07) is 7.04. The Morgan fingerprint density at radius 2 is 2.15 bits per heavy atom. The van der Waals surface area contributed by atoms with E-state index in [-0.39, 0.29) is 30.4 Å². The van der Waals surface area contributed by atoms with Gasteiger partial charge in [0.25, 0.3) is 5.69 Å². The molecule has 0 saturated heterocycles. The third-order valence-corrected chi connectivity index (χ3v) is 3.94. The highest BCUT2D eigenvalue weighted by Gasteiger charge is 2.21. The van der Waals surface area contributed by atoms with E-state index < -0.39 is 10.9 Å². The highest BCUT2D eigenvalue weighted by Crippen LogP contribution is 2.32. The maximum Gasteiger partial charge on any atom is 0.342 e. The van der Waals surface area contributed by atoms with Gasteiger partial charge >= 0.3 is 5.97 Å². The first-order chi connectivity index (χ1) is 12.5. The van der Waals surface area contributed by atoms with Crippen molar-refractivity contribution < 1.29 is 28.7 Å². The number of ether oxygens (including phenoxy) is 4. The SMILES string of the molecule is COc1ccc([N+](=O)[O-])cc1C(=O)OCc1cc(Cl)cc2c1OCOC2. The molecule has 0 atom stereocenters. The van der Waals surface area contributed by atoms with Gasteiger partial charge in [-0.2, -0.15) is 0 Å². The van der Waals surface area contributed by atoms with E-state index in [1.807, 2.05) is 0 Å². The van der Waals surface area contributed by atoms with E-state index >= 15 is 0 Å². The number of non-ortho nitro benzene ring substituents is 1. The van der Waals surface area contributed by atoms with Crippen molar-refractivity contribution in [1.29, 1.82) is 0 Å². The van der Waals surface area contributed by atoms with Gasteiger partial charge in [-0.3, -0.25) is 10.1 Å². The minimum absolute atomic E-state index is 0.0400. The highest BCUT2D eigenvalue weighted by molar-refractivity contribution is 6.30. The first-order valence-electron chi connectivity index (χ1n) is 7.51. The quantitative estimate of drug-likeness (QED) is 0.445. The minimum atomic E-state index is -0.758. The monoisotopic (exact) mass is 379 g/mol. The second-order valence-corrected chi connectivity index (χ2v) is 5.82. The Labute approximate surface area is 153 Å². The fourth-order valence-corrected chi connectivity index (χ4v) is 2.82. The van der Waals surface area contributed by atoms with Crippen molar-refractivity contribution in [2.45, 2.75) is 13.2 Å². The molecule has 0 fully saturated rings. The summed E-state index contributed by atoms with van der Waals surface area (Å²) in [5, 5.41) is 11.4. The molecule has 0 aliphatic carbocycles. The van der Waals surface area contributed by atoms with Crippen LogP contribution in [0.3, 0.4) is 0 Å². The molecular weight excluding hydrogens is 366 g/mol. The molecule has 0 radical (unpaired) electrons. The molecule has 1 aliphatic heterocycles. The van der Waals surface area contributed by atoms with Gasteiger partial charge in [0, 0.05) is 28.3 Å². The minimum Gasteiger partial charge on any atom is -0.496 e. The van der Waals surface area contributed by atoms with Gasteiger partial charge in [0.15, 0.2) is 6.79 Å². The lowest BCUT2D eigenvalue weighted by Crippen LogP contribution is -2.14. The van der Waals surface area contributed by atoms with Gasteiger partial charge < -0.3 is 18.9 Å². The molecule has 8 nitrogen and oxygen atoms in total. The van der Waals surface area contributed by atoms with Crippen LogP contribution in [-0.4, -0.2) is 24.8 Å². The molecule has 0 spiro atoms. The summed E-state index contributed by atoms with van der Waals surface area (Å²) in [5.74, 6) is -0.0239. The summed E-state index contributed by atoms with van der Waals surface area (Å²) in [4.78, 5) is 22.7. The number of esters is 1. The lowest BCUT2D eigenvalue weighted by atomic mass is 10.1. The maximum atomic E-state index is 12.4. The number of rotatable bonds is 5. The summed E-state index contributed by atoms with van der Waals surface area (Å²) in [7, 11) is 1.36. The van der Waals surface area contributed by atoms with Gasteiger partial charge in [0.2, 0.25) is 0 Å². The fourth-order valence-electron chi connectivity index (χ4n) is 2.55. The van der Waals surface area contributed by atoms with E-state index in [1.54, 1.807) is 12.1 Å². The lowest BCUT2D eigenvalue weighted by Gasteiger charge is -2.21. The molecule has 0 aromatic heterocycles. The Balaban J connectivity index is 1.83. The summed E-state index contributed by atoms with van der Waals surface area (Å²) in [6.07, 6.45) is 0. The molecule has 0 unspecified atom stereocenters. The number of carbonyl (C=O) groups excluding carboxylic acids is 1. The molecule has 1 heterocycles. The molecule has 0 bridgehead atoms. The van der Waals surface area contributed by atoms with E-state index in [9.17, 15) is 14.9 Å². The van der Waals surface area contributed by atoms with Crippen LogP contribution in [0.15, 0.2) is 30.3 Å². The van der Waals surface area contributed by atoms with Crippen molar-refractivity contribution in [2.24, 2.45) is 0 Å². The van der Waals surface area contributed by atoms with E-state index in [4.69, 9.17) is 30.5 Å². The zero-order chi connectivity index (χ0) is 18.7. The fraction of sp³-hybridized carbons (Fsp3) is 0.235. The van der Waals surface area contributed by atoms with E-state index in [0.29, 0.717) is 22.9 Å². The molecule has 136 valence electrons. The summed E-state index contributed by atoms with van der Waals surface area (Å²) >= 11 is 6.07. The maximum absolute atomic E-state index is 12.4. The van der Waals surface area contributed by atoms with Gasteiger partial charge in [-0.1, -0.05) is 11.6 Å². The van der Waals surface area contributed by atoms with Crippen molar-refractivity contribution in [2.75, 3.05) is 13.9 Å². The number of nitrogens with zero attached hydrogens (tertiary/aromatic N) is 1. The number of hydrogen-bond acceptors (Lipinski definition) is 7. The van der Waals surface area contributed by atoms with Crippen LogP contribution in [0.5, 0.6) is 11.5 Å². The number of nitro groups is 1. The number of fused-ring (bicyclic) bond motifs is 1. The third kappa shape index (κ3) is 3.71. The Morgan fingerprint density at radius 3 is 2.88 bits per heavy atom. The highest BCUT2D eigenvalue weighted by atomic mass is 35.5. The average Bonchev–Trinajstić information content (AvgIpc) is 2.65. The first-order valence-corrected chi connectivity index (χ1v) is 7.88. The number of methoxy groups -OCH3 is 1. The van der Waals surface area contributed by atoms with Crippen LogP contribution in [-0.2, 0) is 22.7 Å². The summed E-state index contributed by atoms with van der Waals surface area (Å²) in [5.41, 5.74) is 1.05. The number of halogens is 1. The summed E-state index contributed by atoms with van der Waals surface area (Å²) in [6.45, 7) is 0.317. The van der Waals surface area contributed by atoms with Crippen molar-refractivity contribution in [1.82, 2.24) is 0 Å². The zero-order valence-corrected chi connectivity index (χ0v) is 14.4. The van der Waals surface area contributed by atoms with Crippen LogP contribution in [0.4, 0.5) is 5.69 Å². The number of carbonyl (C=O) groups is 1. The van der Waals surface area contributed by atoms with Crippen LogP contribution in [0.2, 0.25) is 5.02 Å². The van der Waals surface area contributed by atoms with Crippen LogP contribution >= 0.6 is 11.6 Å². The van der Waals surface area contributed by atoms with Gasteiger partial charge in [-0.25, -0.2) is 4.79 Å². The second kappa shape index (κ2) is 7.59. The van der Waals surface area contributed by atoms with Crippen LogP contribution in [0.1, 0.15) is 21.5 Å². The molecule has 26 heavy (non-hydrogen) atoms. The smallest absolute Gasteiger partial charge is 0.342 e. The van der Waals surface area contributed by atoms with Crippen molar-refractivity contribution in [3.63, 3.8) is 0 Å². The summed E-state index contributed by atoms with van der Waals surface area (Å²) < 4.78 is 21.0. The molecule has 3 rings (SSSR count). The molecule has 1 aliphatic rings. The lowest BCUT2D eigenvalue weighted by molar-refractivity contribution is -0.384. The second-order valence-electron chi connectivity index (χ2n) is 5.38.